The molecule has 12 heteroatoms. The van der Waals surface area contributed by atoms with Crippen molar-refractivity contribution in [2.24, 2.45) is 0 Å². The number of nitrogens with zero attached hydrogens (tertiary/aromatic N) is 1. The molecule has 3 rings (SSSR count). The van der Waals surface area contributed by atoms with E-state index in [0.717, 1.165) is 17.0 Å². The zero-order valence-electron chi connectivity index (χ0n) is 17.1. The molecule has 0 aliphatic carbocycles. The van der Waals surface area contributed by atoms with Crippen molar-refractivity contribution in [2.45, 2.75) is 30.9 Å². The van der Waals surface area contributed by atoms with E-state index >= 15 is 0 Å². The lowest BCUT2D eigenvalue weighted by Crippen LogP contribution is -2.48. The second-order valence-corrected chi connectivity index (χ2v) is 7.50. The maximum atomic E-state index is 13.4. The second kappa shape index (κ2) is 8.32. The van der Waals surface area contributed by atoms with Crippen LogP contribution in [0.25, 0.3) is 0 Å². The van der Waals surface area contributed by atoms with Crippen LogP contribution in [0.1, 0.15) is 35.3 Å². The Labute approximate surface area is 183 Å². The van der Waals surface area contributed by atoms with Gasteiger partial charge in [-0.05, 0) is 48.4 Å². The lowest BCUT2D eigenvalue weighted by atomic mass is 9.90. The van der Waals surface area contributed by atoms with Gasteiger partial charge in [0.1, 0.15) is 5.82 Å². The number of nitrogens with one attached hydrogen (secondary N) is 1. The normalized spacial score (nSPS) is 20.2. The number of carbonyl (C=O) groups is 2. The molecule has 0 saturated carbocycles. The molecular formula is C21H17F7N2O3. The van der Waals surface area contributed by atoms with Crippen LogP contribution in [-0.4, -0.2) is 30.5 Å². The van der Waals surface area contributed by atoms with E-state index in [1.165, 1.54) is 26.1 Å². The molecule has 33 heavy (non-hydrogen) atoms. The first-order valence-electron chi connectivity index (χ1n) is 9.42. The third kappa shape index (κ3) is 4.80. The van der Waals surface area contributed by atoms with E-state index in [4.69, 9.17) is 4.74 Å². The van der Waals surface area contributed by atoms with Gasteiger partial charge in [0.15, 0.2) is 5.54 Å². The fourth-order valence-corrected chi connectivity index (χ4v) is 3.37. The third-order valence-corrected chi connectivity index (χ3v) is 5.26. The number of amides is 3. The lowest BCUT2D eigenvalue weighted by molar-refractivity contribution is -0.143. The van der Waals surface area contributed by atoms with E-state index in [2.05, 4.69) is 5.32 Å². The van der Waals surface area contributed by atoms with E-state index in [0.29, 0.717) is 12.1 Å². The zero-order valence-corrected chi connectivity index (χ0v) is 17.1. The molecule has 2 aromatic rings. The summed E-state index contributed by atoms with van der Waals surface area (Å²) in [6.45, 7) is 0.575. The summed E-state index contributed by atoms with van der Waals surface area (Å²) in [6, 6.07) is 4.71. The van der Waals surface area contributed by atoms with Crippen LogP contribution >= 0.6 is 0 Å². The summed E-state index contributed by atoms with van der Waals surface area (Å²) < 4.78 is 97.7. The standard InChI is InChI=1S/C21H17F7N2O3/c1-11(12-7-14(20(23,24)25)9-15(8-12)21(26,27)28)33-10-19(13-3-5-16(22)6-4-13)17(31)30(2)18(32)29-19/h3-9,11H,10H2,1-2H3,(H,29,32)/t11-,19-/m1/s1. The fourth-order valence-electron chi connectivity index (χ4n) is 3.37. The van der Waals surface area contributed by atoms with Crippen LogP contribution in [0.5, 0.6) is 0 Å². The maximum Gasteiger partial charge on any atom is 0.416 e. The summed E-state index contributed by atoms with van der Waals surface area (Å²) in [5, 5.41) is 2.41. The molecule has 1 aliphatic rings. The number of imide groups is 1. The lowest BCUT2D eigenvalue weighted by Gasteiger charge is -2.29. The number of ether oxygens (including phenoxy) is 1. The van der Waals surface area contributed by atoms with Crippen LogP contribution in [0.15, 0.2) is 42.5 Å². The molecule has 1 saturated heterocycles. The molecule has 0 unspecified atom stereocenters. The molecule has 0 radical (unpaired) electrons. The number of carbonyl (C=O) groups excluding carboxylic acids is 2. The molecule has 2 atom stereocenters. The summed E-state index contributed by atoms with van der Waals surface area (Å²) in [5.41, 5.74) is -5.18. The molecule has 0 spiro atoms. The first-order chi connectivity index (χ1) is 15.1. The van der Waals surface area contributed by atoms with Gasteiger partial charge in [-0.25, -0.2) is 9.18 Å². The average molecular weight is 478 g/mol. The first kappa shape index (κ1) is 24.5. The number of benzene rings is 2. The molecule has 0 bridgehead atoms. The summed E-state index contributed by atoms with van der Waals surface area (Å²) in [7, 11) is 1.18. The molecule has 178 valence electrons. The number of likely N-dealkylation sites (N-methyl/N-ethyl adjacent to an activating group) is 1. The SMILES string of the molecule is C[C@@H](OC[C@]1(c2ccc(F)cc2)NC(=O)N(C)C1=O)c1cc(C(F)(F)F)cc(C(F)(F)F)c1. The van der Waals surface area contributed by atoms with Crippen molar-refractivity contribution in [3.05, 3.63) is 70.5 Å². The highest BCUT2D eigenvalue weighted by atomic mass is 19.4. The predicted molar refractivity (Wildman–Crippen MR) is 100 cm³/mol. The van der Waals surface area contributed by atoms with Crippen LogP contribution in [0.2, 0.25) is 0 Å². The Balaban J connectivity index is 1.96. The summed E-state index contributed by atoms with van der Waals surface area (Å²) >= 11 is 0. The smallest absolute Gasteiger partial charge is 0.370 e. The molecule has 5 nitrogen and oxygen atoms in total. The molecule has 0 aromatic heterocycles. The predicted octanol–water partition coefficient (Wildman–Crippen LogP) is 5.02. The molecule has 1 heterocycles. The van der Waals surface area contributed by atoms with E-state index in [-0.39, 0.29) is 11.6 Å². The second-order valence-electron chi connectivity index (χ2n) is 7.50. The monoisotopic (exact) mass is 478 g/mol. The minimum absolute atomic E-state index is 0.00803. The Morgan fingerprint density at radius 2 is 1.48 bits per heavy atom. The minimum atomic E-state index is -5.04. The van der Waals surface area contributed by atoms with Crippen molar-refractivity contribution in [1.29, 1.82) is 0 Å². The first-order valence-corrected chi connectivity index (χ1v) is 9.42. The van der Waals surface area contributed by atoms with Gasteiger partial charge < -0.3 is 10.1 Å². The van der Waals surface area contributed by atoms with Gasteiger partial charge in [0, 0.05) is 7.05 Å². The van der Waals surface area contributed by atoms with E-state index in [9.17, 15) is 40.3 Å². The Morgan fingerprint density at radius 3 is 1.91 bits per heavy atom. The minimum Gasteiger partial charge on any atom is -0.370 e. The fraction of sp³-hybridized carbons (Fsp3) is 0.333. The third-order valence-electron chi connectivity index (χ3n) is 5.26. The Morgan fingerprint density at radius 1 is 0.970 bits per heavy atom. The molecule has 3 amide bonds. The van der Waals surface area contributed by atoms with Gasteiger partial charge in [-0.3, -0.25) is 9.69 Å². The highest BCUT2D eigenvalue weighted by molar-refractivity contribution is 6.07. The molecule has 1 aliphatic heterocycles. The van der Waals surface area contributed by atoms with Crippen LogP contribution < -0.4 is 5.32 Å². The van der Waals surface area contributed by atoms with E-state index in [1.54, 1.807) is 0 Å². The largest absolute Gasteiger partial charge is 0.416 e. The van der Waals surface area contributed by atoms with E-state index < -0.39 is 65.0 Å². The highest BCUT2D eigenvalue weighted by Gasteiger charge is 2.51. The average Bonchev–Trinajstić information content (AvgIpc) is 2.95. The van der Waals surface area contributed by atoms with Gasteiger partial charge in [-0.2, -0.15) is 26.3 Å². The molecule has 1 N–H and O–H groups in total. The molecular weight excluding hydrogens is 461 g/mol. The van der Waals surface area contributed by atoms with Crippen LogP contribution in [0.4, 0.5) is 35.5 Å². The quantitative estimate of drug-likeness (QED) is 0.485. The number of hydrogen-bond acceptors (Lipinski definition) is 3. The van der Waals surface area contributed by atoms with E-state index in [1.807, 2.05) is 0 Å². The highest BCUT2D eigenvalue weighted by Crippen LogP contribution is 2.38. The zero-order chi connectivity index (χ0) is 24.8. The van der Waals surface area contributed by atoms with Crippen molar-refractivity contribution in [3.8, 4) is 0 Å². The number of hydrogen-bond donors (Lipinski definition) is 1. The van der Waals surface area contributed by atoms with Crippen molar-refractivity contribution < 1.29 is 45.1 Å². The van der Waals surface area contributed by atoms with Crippen molar-refractivity contribution >= 4 is 11.9 Å². The van der Waals surface area contributed by atoms with Crippen LogP contribution in [0.3, 0.4) is 0 Å². The van der Waals surface area contributed by atoms with Crippen molar-refractivity contribution in [3.63, 3.8) is 0 Å². The number of rotatable bonds is 5. The summed E-state index contributed by atoms with van der Waals surface area (Å²) in [4.78, 5) is 25.6. The number of alkyl halides is 6. The van der Waals surface area contributed by atoms with Crippen molar-refractivity contribution in [1.82, 2.24) is 10.2 Å². The topological polar surface area (TPSA) is 58.6 Å². The van der Waals surface area contributed by atoms with Gasteiger partial charge in [-0.1, -0.05) is 12.1 Å². The van der Waals surface area contributed by atoms with Gasteiger partial charge in [-0.15, -0.1) is 0 Å². The van der Waals surface area contributed by atoms with Gasteiger partial charge in [0.05, 0.1) is 23.8 Å². The Hall–Kier alpha value is -3.15. The maximum absolute atomic E-state index is 13.4. The summed E-state index contributed by atoms with van der Waals surface area (Å²) in [5.74, 6) is -1.41. The number of urea groups is 1. The van der Waals surface area contributed by atoms with Crippen LogP contribution in [-0.2, 0) is 27.4 Å². The Bertz CT molecular complexity index is 1030. The summed E-state index contributed by atoms with van der Waals surface area (Å²) in [6.07, 6.45) is -11.4. The molecule has 1 fully saturated rings. The van der Waals surface area contributed by atoms with Gasteiger partial charge in [0.2, 0.25) is 0 Å². The van der Waals surface area contributed by atoms with Gasteiger partial charge in [0.25, 0.3) is 5.91 Å². The van der Waals surface area contributed by atoms with Crippen molar-refractivity contribution in [2.75, 3.05) is 13.7 Å². The molecule has 2 aromatic carbocycles. The number of halogens is 7. The van der Waals surface area contributed by atoms with Gasteiger partial charge >= 0.3 is 18.4 Å². The van der Waals surface area contributed by atoms with Crippen LogP contribution in [0, 0.1) is 5.82 Å². The Kier molecular flexibility index (Phi) is 6.18.